The summed E-state index contributed by atoms with van der Waals surface area (Å²) in [6.07, 6.45) is 1.16. The van der Waals surface area contributed by atoms with Crippen LogP contribution in [0.25, 0.3) is 5.65 Å². The van der Waals surface area contributed by atoms with Gasteiger partial charge in [-0.25, -0.2) is 17.5 Å². The molecule has 4 aromatic rings. The summed E-state index contributed by atoms with van der Waals surface area (Å²) in [6, 6.07) is 18.4. The highest BCUT2D eigenvalue weighted by atomic mass is 32.2. The van der Waals surface area contributed by atoms with Crippen LogP contribution in [0.4, 0.5) is 10.2 Å². The average molecular weight is 441 g/mol. The molecule has 8 nitrogen and oxygen atoms in total. The van der Waals surface area contributed by atoms with Gasteiger partial charge in [-0.05, 0) is 48.4 Å². The Hall–Kier alpha value is -3.37. The predicted octanol–water partition coefficient (Wildman–Crippen LogP) is 2.44. The second-order valence-electron chi connectivity index (χ2n) is 6.87. The first-order chi connectivity index (χ1) is 15.0. The molecule has 10 heteroatoms. The van der Waals surface area contributed by atoms with Crippen molar-refractivity contribution in [3.63, 3.8) is 0 Å². The Bertz CT molecular complexity index is 1260. The van der Waals surface area contributed by atoms with Crippen LogP contribution in [-0.4, -0.2) is 41.3 Å². The van der Waals surface area contributed by atoms with Crippen molar-refractivity contribution in [1.82, 2.24) is 24.5 Å². The van der Waals surface area contributed by atoms with Crippen molar-refractivity contribution in [2.45, 2.75) is 17.7 Å². The summed E-state index contributed by atoms with van der Waals surface area (Å²) in [5.41, 5.74) is 1.81. The van der Waals surface area contributed by atoms with Crippen LogP contribution in [0.3, 0.4) is 0 Å². The summed E-state index contributed by atoms with van der Waals surface area (Å²) < 4.78 is 41.7. The number of sulfonamides is 1. The number of halogens is 1. The van der Waals surface area contributed by atoms with E-state index < -0.39 is 15.8 Å². The summed E-state index contributed by atoms with van der Waals surface area (Å²) in [7, 11) is -3.74. The number of fused-ring (bicyclic) bond motifs is 1. The van der Waals surface area contributed by atoms with Crippen LogP contribution in [-0.2, 0) is 22.9 Å². The molecule has 0 fully saturated rings. The molecule has 0 saturated carbocycles. The van der Waals surface area contributed by atoms with Gasteiger partial charge in [-0.15, -0.1) is 15.3 Å². The molecule has 0 aliphatic rings. The normalized spacial score (nSPS) is 11.6. The molecule has 0 radical (unpaired) electrons. The van der Waals surface area contributed by atoms with Gasteiger partial charge in [-0.3, -0.25) is 0 Å². The summed E-state index contributed by atoms with van der Waals surface area (Å²) in [6.45, 7) is 0.825. The molecule has 31 heavy (non-hydrogen) atoms. The molecule has 0 saturated heterocycles. The van der Waals surface area contributed by atoms with Crippen molar-refractivity contribution in [1.29, 1.82) is 0 Å². The number of aromatic nitrogens is 4. The highest BCUT2D eigenvalue weighted by Crippen LogP contribution is 2.11. The van der Waals surface area contributed by atoms with Crippen molar-refractivity contribution < 1.29 is 12.8 Å². The second kappa shape index (κ2) is 9.19. The van der Waals surface area contributed by atoms with Crippen molar-refractivity contribution in [2.75, 3.05) is 18.4 Å². The van der Waals surface area contributed by atoms with Crippen LogP contribution in [0.2, 0.25) is 0 Å². The van der Waals surface area contributed by atoms with E-state index in [0.29, 0.717) is 23.7 Å². The van der Waals surface area contributed by atoms with E-state index in [2.05, 4.69) is 37.5 Å². The highest BCUT2D eigenvalue weighted by molar-refractivity contribution is 7.89. The molecular formula is C21H21FN6O2S. The zero-order valence-corrected chi connectivity index (χ0v) is 17.4. The van der Waals surface area contributed by atoms with Gasteiger partial charge in [0.05, 0.1) is 4.90 Å². The fourth-order valence-corrected chi connectivity index (χ4v) is 4.09. The van der Waals surface area contributed by atoms with E-state index in [9.17, 15) is 12.8 Å². The molecule has 0 unspecified atom stereocenters. The lowest BCUT2D eigenvalue weighted by atomic mass is 10.1. The minimum Gasteiger partial charge on any atom is -0.368 e. The third kappa shape index (κ3) is 5.22. The lowest BCUT2D eigenvalue weighted by Crippen LogP contribution is -2.26. The van der Waals surface area contributed by atoms with Crippen molar-refractivity contribution in [3.8, 4) is 0 Å². The van der Waals surface area contributed by atoms with Gasteiger partial charge in [-0.2, -0.15) is 4.52 Å². The van der Waals surface area contributed by atoms with E-state index >= 15 is 0 Å². The van der Waals surface area contributed by atoms with E-state index in [0.717, 1.165) is 25.1 Å². The number of hydrogen-bond acceptors (Lipinski definition) is 6. The number of hydrogen-bond donors (Lipinski definition) is 2. The average Bonchev–Trinajstić information content (AvgIpc) is 3.17. The molecule has 160 valence electrons. The molecule has 2 aromatic carbocycles. The Morgan fingerprint density at radius 3 is 2.42 bits per heavy atom. The molecule has 0 spiro atoms. The largest absolute Gasteiger partial charge is 0.368 e. The van der Waals surface area contributed by atoms with Crippen LogP contribution in [0.5, 0.6) is 0 Å². The quantitative estimate of drug-likeness (QED) is 0.415. The van der Waals surface area contributed by atoms with Crippen LogP contribution >= 0.6 is 0 Å². The smallest absolute Gasteiger partial charge is 0.240 e. The summed E-state index contributed by atoms with van der Waals surface area (Å²) in [5.74, 6) is 0.716. The number of nitrogens with one attached hydrogen (secondary N) is 2. The standard InChI is InChI=1S/C21H21FN6O2S/c22-17-6-8-18(9-7-17)31(29,30)24-15-13-21-26-25-20-11-10-19(27-28(20)21)23-14-12-16-4-2-1-3-5-16/h1-11,24H,12-15H2,(H,23,27). The van der Waals surface area contributed by atoms with Gasteiger partial charge in [0, 0.05) is 19.5 Å². The Morgan fingerprint density at radius 1 is 0.871 bits per heavy atom. The lowest BCUT2D eigenvalue weighted by Gasteiger charge is -2.07. The van der Waals surface area contributed by atoms with E-state index in [1.807, 2.05) is 24.3 Å². The summed E-state index contributed by atoms with van der Waals surface area (Å²) in [4.78, 5) is 0.00280. The van der Waals surface area contributed by atoms with Gasteiger partial charge in [0.15, 0.2) is 11.5 Å². The number of anilines is 1. The maximum absolute atomic E-state index is 13.0. The first-order valence-corrected chi connectivity index (χ1v) is 11.2. The number of rotatable bonds is 9. The summed E-state index contributed by atoms with van der Waals surface area (Å²) >= 11 is 0. The Labute approximate surface area is 179 Å². The minimum absolute atomic E-state index is 0.00280. The van der Waals surface area contributed by atoms with Gasteiger partial charge in [0.2, 0.25) is 10.0 Å². The van der Waals surface area contributed by atoms with Crippen molar-refractivity contribution in [2.24, 2.45) is 0 Å². The van der Waals surface area contributed by atoms with Crippen LogP contribution in [0.1, 0.15) is 11.4 Å². The Balaban J connectivity index is 1.37. The minimum atomic E-state index is -3.74. The highest BCUT2D eigenvalue weighted by Gasteiger charge is 2.15. The lowest BCUT2D eigenvalue weighted by molar-refractivity contribution is 0.579. The summed E-state index contributed by atoms with van der Waals surface area (Å²) in [5, 5.41) is 16.0. The number of benzene rings is 2. The van der Waals surface area contributed by atoms with Gasteiger partial charge in [-0.1, -0.05) is 30.3 Å². The van der Waals surface area contributed by atoms with Gasteiger partial charge >= 0.3 is 0 Å². The molecule has 2 N–H and O–H groups in total. The fraction of sp³-hybridized carbons (Fsp3) is 0.190. The number of nitrogens with zero attached hydrogens (tertiary/aromatic N) is 4. The Kier molecular flexibility index (Phi) is 6.19. The van der Waals surface area contributed by atoms with Crippen LogP contribution in [0.15, 0.2) is 71.6 Å². The van der Waals surface area contributed by atoms with Gasteiger partial charge in [0.1, 0.15) is 11.6 Å². The molecule has 2 heterocycles. The van der Waals surface area contributed by atoms with E-state index in [-0.39, 0.29) is 11.4 Å². The van der Waals surface area contributed by atoms with Gasteiger partial charge in [0.25, 0.3) is 0 Å². The molecule has 0 bridgehead atoms. The maximum atomic E-state index is 13.0. The molecule has 0 atom stereocenters. The first kappa shape index (κ1) is 20.9. The van der Waals surface area contributed by atoms with E-state index in [4.69, 9.17) is 0 Å². The third-order valence-corrected chi connectivity index (χ3v) is 6.13. The van der Waals surface area contributed by atoms with Crippen molar-refractivity contribution >= 4 is 21.5 Å². The molecular weight excluding hydrogens is 419 g/mol. The molecule has 2 aromatic heterocycles. The van der Waals surface area contributed by atoms with Crippen LogP contribution < -0.4 is 10.0 Å². The Morgan fingerprint density at radius 2 is 1.65 bits per heavy atom. The van der Waals surface area contributed by atoms with Gasteiger partial charge < -0.3 is 5.32 Å². The molecule has 0 aliphatic carbocycles. The maximum Gasteiger partial charge on any atom is 0.240 e. The van der Waals surface area contributed by atoms with Crippen molar-refractivity contribution in [3.05, 3.63) is 83.9 Å². The zero-order chi connectivity index (χ0) is 21.7. The molecule has 4 rings (SSSR count). The van der Waals surface area contributed by atoms with E-state index in [1.165, 1.54) is 17.7 Å². The molecule has 0 aliphatic heterocycles. The molecule has 0 amide bonds. The zero-order valence-electron chi connectivity index (χ0n) is 16.6. The fourth-order valence-electron chi connectivity index (χ4n) is 3.06. The second-order valence-corrected chi connectivity index (χ2v) is 8.64. The van der Waals surface area contributed by atoms with Crippen LogP contribution in [0, 0.1) is 5.82 Å². The monoisotopic (exact) mass is 440 g/mol. The third-order valence-electron chi connectivity index (χ3n) is 4.65. The SMILES string of the molecule is O=S(=O)(NCCc1nnc2ccc(NCCc3ccccc3)nn12)c1ccc(F)cc1. The predicted molar refractivity (Wildman–Crippen MR) is 115 cm³/mol. The van der Waals surface area contributed by atoms with E-state index in [1.54, 1.807) is 10.6 Å². The topological polar surface area (TPSA) is 101 Å². The first-order valence-electron chi connectivity index (χ1n) is 9.76.